The number of carbonyl (C=O) groups is 2. The van der Waals surface area contributed by atoms with E-state index in [2.05, 4.69) is 0 Å². The van der Waals surface area contributed by atoms with E-state index in [1.807, 2.05) is 61.5 Å². The highest BCUT2D eigenvalue weighted by molar-refractivity contribution is 5.96. The quantitative estimate of drug-likeness (QED) is 0.623. The Morgan fingerprint density at radius 2 is 1.78 bits per heavy atom. The Kier molecular flexibility index (Phi) is 4.38. The van der Waals surface area contributed by atoms with E-state index < -0.39 is 6.10 Å². The van der Waals surface area contributed by atoms with Crippen LogP contribution in [0.4, 0.5) is 0 Å². The number of hydrogen-bond donors (Lipinski definition) is 0. The van der Waals surface area contributed by atoms with Crippen molar-refractivity contribution >= 4 is 11.8 Å². The van der Waals surface area contributed by atoms with Crippen molar-refractivity contribution in [2.24, 2.45) is 0 Å². The fraction of sp³-hybridized carbons (Fsp3) is 0.200. The van der Waals surface area contributed by atoms with Crippen molar-refractivity contribution in [3.05, 3.63) is 83.4 Å². The second-order valence-corrected chi connectivity index (χ2v) is 5.77. The summed E-state index contributed by atoms with van der Waals surface area (Å²) < 4.78 is 5.34. The maximum atomic E-state index is 12.6. The summed E-state index contributed by atoms with van der Waals surface area (Å²) in [5, 5.41) is 0. The van der Waals surface area contributed by atoms with Gasteiger partial charge >= 0.3 is 5.97 Å². The number of Topliss-reactive ketones (excluding diaryl/α,β-unsaturated/α-hetero) is 1. The van der Waals surface area contributed by atoms with E-state index in [1.165, 1.54) is 6.08 Å². The molecule has 0 N–H and O–H groups in total. The molecule has 1 aliphatic heterocycles. The monoisotopic (exact) mass is 306 g/mol. The van der Waals surface area contributed by atoms with Crippen LogP contribution in [0.2, 0.25) is 0 Å². The van der Waals surface area contributed by atoms with Gasteiger partial charge in [0.25, 0.3) is 0 Å². The first-order valence-electron chi connectivity index (χ1n) is 7.67. The van der Waals surface area contributed by atoms with Gasteiger partial charge in [0.2, 0.25) is 0 Å². The minimum absolute atomic E-state index is 0.0486. The molecule has 0 fully saturated rings. The van der Waals surface area contributed by atoms with Crippen molar-refractivity contribution in [1.29, 1.82) is 0 Å². The molecule has 0 aliphatic carbocycles. The van der Waals surface area contributed by atoms with Crippen LogP contribution in [0.25, 0.3) is 0 Å². The van der Waals surface area contributed by atoms with Crippen LogP contribution in [0.15, 0.2) is 66.7 Å². The molecule has 1 heterocycles. The molecule has 0 radical (unpaired) electrons. The van der Waals surface area contributed by atoms with Crippen molar-refractivity contribution in [1.82, 2.24) is 0 Å². The summed E-state index contributed by atoms with van der Waals surface area (Å²) in [7, 11) is 0. The zero-order valence-corrected chi connectivity index (χ0v) is 12.9. The molecule has 0 saturated carbocycles. The topological polar surface area (TPSA) is 43.4 Å². The van der Waals surface area contributed by atoms with Gasteiger partial charge in [0.1, 0.15) is 6.10 Å². The second kappa shape index (κ2) is 6.61. The highest BCUT2D eigenvalue weighted by Gasteiger charge is 2.30. The number of cyclic esters (lactones) is 1. The third-order valence-corrected chi connectivity index (χ3v) is 4.08. The van der Waals surface area contributed by atoms with Gasteiger partial charge in [0.15, 0.2) is 5.78 Å². The number of esters is 1. The van der Waals surface area contributed by atoms with Crippen LogP contribution in [0, 0.1) is 6.92 Å². The Morgan fingerprint density at radius 3 is 2.39 bits per heavy atom. The first-order chi connectivity index (χ1) is 11.1. The average molecular weight is 306 g/mol. The smallest absolute Gasteiger partial charge is 0.331 e. The second-order valence-electron chi connectivity index (χ2n) is 5.77. The molecule has 0 saturated heterocycles. The molecule has 2 atom stereocenters. The van der Waals surface area contributed by atoms with Gasteiger partial charge in [0.05, 0.1) is 0 Å². The Morgan fingerprint density at radius 1 is 1.09 bits per heavy atom. The van der Waals surface area contributed by atoms with Crippen LogP contribution in [-0.4, -0.2) is 17.9 Å². The standard InChI is InChI=1S/C20H18O3/c1-14-7-9-15(10-8-14)17(19-11-12-20(22)23-19)13-18(21)16-5-3-2-4-6-16/h2-12,17,19H,13H2,1H3/t17-,19-/m0/s1. The number of hydrogen-bond acceptors (Lipinski definition) is 3. The summed E-state index contributed by atoms with van der Waals surface area (Å²) in [4.78, 5) is 24.0. The molecule has 3 nitrogen and oxygen atoms in total. The molecule has 1 aliphatic rings. The molecule has 0 amide bonds. The molecule has 3 heteroatoms. The lowest BCUT2D eigenvalue weighted by atomic mass is 9.87. The van der Waals surface area contributed by atoms with Crippen LogP contribution in [-0.2, 0) is 9.53 Å². The minimum atomic E-state index is -0.391. The van der Waals surface area contributed by atoms with E-state index >= 15 is 0 Å². The van der Waals surface area contributed by atoms with Gasteiger partial charge in [-0.15, -0.1) is 0 Å². The molecule has 2 aromatic carbocycles. The van der Waals surface area contributed by atoms with Crippen LogP contribution >= 0.6 is 0 Å². The molecule has 23 heavy (non-hydrogen) atoms. The van der Waals surface area contributed by atoms with Crippen LogP contribution in [0.3, 0.4) is 0 Å². The molecule has 0 bridgehead atoms. The van der Waals surface area contributed by atoms with Crippen LogP contribution in [0.1, 0.15) is 33.8 Å². The number of aryl methyl sites for hydroxylation is 1. The number of carbonyl (C=O) groups excluding carboxylic acids is 2. The zero-order chi connectivity index (χ0) is 16.2. The maximum absolute atomic E-state index is 12.6. The Bertz CT molecular complexity index is 729. The van der Waals surface area contributed by atoms with Crippen LogP contribution < -0.4 is 0 Å². The summed E-state index contributed by atoms with van der Waals surface area (Å²) >= 11 is 0. The molecule has 0 unspecified atom stereocenters. The highest BCUT2D eigenvalue weighted by atomic mass is 16.5. The number of ether oxygens (including phenoxy) is 1. The number of rotatable bonds is 5. The predicted molar refractivity (Wildman–Crippen MR) is 88.3 cm³/mol. The SMILES string of the molecule is Cc1ccc([C@H](CC(=O)c2ccccc2)[C@@H]2C=CC(=O)O2)cc1. The largest absolute Gasteiger partial charge is 0.454 e. The van der Waals surface area contributed by atoms with Crippen molar-refractivity contribution in [2.75, 3.05) is 0 Å². The number of benzene rings is 2. The van der Waals surface area contributed by atoms with E-state index in [4.69, 9.17) is 4.74 Å². The molecule has 3 rings (SSSR count). The van der Waals surface area contributed by atoms with Gasteiger partial charge in [-0.2, -0.15) is 0 Å². The average Bonchev–Trinajstić information content (AvgIpc) is 3.00. The zero-order valence-electron chi connectivity index (χ0n) is 12.9. The minimum Gasteiger partial charge on any atom is -0.454 e. The van der Waals surface area contributed by atoms with E-state index in [0.29, 0.717) is 12.0 Å². The normalized spacial score (nSPS) is 17.8. The van der Waals surface area contributed by atoms with E-state index in [-0.39, 0.29) is 17.7 Å². The lowest BCUT2D eigenvalue weighted by Gasteiger charge is -2.22. The first-order valence-corrected chi connectivity index (χ1v) is 7.67. The summed E-state index contributed by atoms with van der Waals surface area (Å²) in [5.74, 6) is -0.474. The molecule has 2 aromatic rings. The molecular formula is C20H18O3. The third kappa shape index (κ3) is 3.57. The number of ketones is 1. The molecule has 0 aromatic heterocycles. The van der Waals surface area contributed by atoms with Crippen molar-refractivity contribution in [3.63, 3.8) is 0 Å². The van der Waals surface area contributed by atoms with E-state index in [1.54, 1.807) is 6.08 Å². The molecule has 116 valence electrons. The lowest BCUT2D eigenvalue weighted by molar-refractivity contribution is -0.139. The van der Waals surface area contributed by atoms with Gasteiger partial charge in [0, 0.05) is 24.0 Å². The Labute approximate surface area is 135 Å². The van der Waals surface area contributed by atoms with Gasteiger partial charge in [-0.25, -0.2) is 4.79 Å². The Balaban J connectivity index is 1.86. The Hall–Kier alpha value is -2.68. The van der Waals surface area contributed by atoms with Crippen molar-refractivity contribution in [3.8, 4) is 0 Å². The van der Waals surface area contributed by atoms with Gasteiger partial charge < -0.3 is 4.74 Å². The summed E-state index contributed by atoms with van der Waals surface area (Å²) in [6.07, 6.45) is 3.08. The van der Waals surface area contributed by atoms with Gasteiger partial charge in [-0.3, -0.25) is 4.79 Å². The van der Waals surface area contributed by atoms with E-state index in [0.717, 1.165) is 11.1 Å². The maximum Gasteiger partial charge on any atom is 0.331 e. The summed E-state index contributed by atoms with van der Waals surface area (Å²) in [6.45, 7) is 2.02. The predicted octanol–water partition coefficient (Wildman–Crippen LogP) is 3.83. The third-order valence-electron chi connectivity index (χ3n) is 4.08. The van der Waals surface area contributed by atoms with Gasteiger partial charge in [-0.05, 0) is 18.6 Å². The highest BCUT2D eigenvalue weighted by Crippen LogP contribution is 2.30. The van der Waals surface area contributed by atoms with E-state index in [9.17, 15) is 9.59 Å². The summed E-state index contributed by atoms with van der Waals surface area (Å²) in [5.41, 5.74) is 2.84. The molecule has 0 spiro atoms. The first kappa shape index (κ1) is 15.2. The fourth-order valence-corrected chi connectivity index (χ4v) is 2.78. The molecular weight excluding hydrogens is 288 g/mol. The van der Waals surface area contributed by atoms with Gasteiger partial charge in [-0.1, -0.05) is 60.2 Å². The fourth-order valence-electron chi connectivity index (χ4n) is 2.78. The summed E-state index contributed by atoms with van der Waals surface area (Å²) in [6, 6.07) is 17.2. The van der Waals surface area contributed by atoms with Crippen molar-refractivity contribution in [2.45, 2.75) is 25.4 Å². The van der Waals surface area contributed by atoms with Crippen LogP contribution in [0.5, 0.6) is 0 Å². The lowest BCUT2D eigenvalue weighted by Crippen LogP contribution is -2.21. The van der Waals surface area contributed by atoms with Crippen molar-refractivity contribution < 1.29 is 14.3 Å².